The average molecular weight is 690 g/mol. The van der Waals surface area contributed by atoms with E-state index >= 15 is 0 Å². The fourth-order valence-electron chi connectivity index (χ4n) is 6.14. The molecule has 47 heavy (non-hydrogen) atoms. The summed E-state index contributed by atoms with van der Waals surface area (Å²) in [5.41, 5.74) is -2.72. The molecule has 1 aromatic heterocycles. The first-order chi connectivity index (χ1) is 21.6. The molecule has 3 atom stereocenters. The summed E-state index contributed by atoms with van der Waals surface area (Å²) >= 11 is 0. The summed E-state index contributed by atoms with van der Waals surface area (Å²) in [5.74, 6) is -5.05. The molecule has 1 aliphatic heterocycles. The molecule has 1 unspecified atom stereocenters. The Bertz CT molecular complexity index is 1820. The van der Waals surface area contributed by atoms with Crippen molar-refractivity contribution in [3.8, 4) is 6.19 Å². The van der Waals surface area contributed by atoms with E-state index in [4.69, 9.17) is 0 Å². The van der Waals surface area contributed by atoms with E-state index in [9.17, 15) is 53.0 Å². The number of pyridine rings is 1. The average Bonchev–Trinajstić information content (AvgIpc) is 3.29. The monoisotopic (exact) mass is 689 g/mol. The van der Waals surface area contributed by atoms with Crippen LogP contribution in [0.2, 0.25) is 0 Å². The number of rotatable bonds is 7. The number of halogens is 7. The first kappa shape index (κ1) is 34.0. The number of alkyl halides is 2. The number of nitrogens with zero attached hydrogens (tertiary/aromatic N) is 3. The molecule has 0 spiro atoms. The summed E-state index contributed by atoms with van der Waals surface area (Å²) in [6, 6.07) is 4.13. The van der Waals surface area contributed by atoms with Crippen LogP contribution in [0.3, 0.4) is 0 Å². The van der Waals surface area contributed by atoms with Crippen molar-refractivity contribution in [1.82, 2.24) is 15.2 Å². The van der Waals surface area contributed by atoms with Crippen LogP contribution in [0, 0.1) is 11.5 Å². The maximum Gasteiger partial charge on any atom is 0.310 e. The number of carbonyl (C=O) groups is 2. The van der Waals surface area contributed by atoms with Gasteiger partial charge in [0.15, 0.2) is 6.19 Å². The van der Waals surface area contributed by atoms with Crippen LogP contribution in [0.25, 0.3) is 10.9 Å². The van der Waals surface area contributed by atoms with Crippen molar-refractivity contribution in [3.63, 3.8) is 0 Å². The molecule has 254 valence electrons. The molecule has 17 heteroatoms. The van der Waals surface area contributed by atoms with Crippen LogP contribution in [0.15, 0.2) is 64.3 Å². The van der Waals surface area contributed by atoms with Gasteiger partial charge in [-0.1, -0.05) is 37.6 Å². The van der Waals surface area contributed by atoms with Gasteiger partial charge in [-0.15, -0.1) is 0 Å². The summed E-state index contributed by atoms with van der Waals surface area (Å²) < 4.78 is 96.0. The van der Waals surface area contributed by atoms with Gasteiger partial charge in [0, 0.05) is 48.0 Å². The maximum absolute atomic E-state index is 14.4. The van der Waals surface area contributed by atoms with Crippen LogP contribution >= 0.6 is 10.2 Å². The van der Waals surface area contributed by atoms with Crippen LogP contribution in [-0.2, 0) is 9.59 Å². The van der Waals surface area contributed by atoms with Gasteiger partial charge in [0.2, 0.25) is 17.4 Å². The molecule has 2 amide bonds. The minimum atomic E-state index is -10.2. The molecule has 2 aliphatic rings. The number of aromatic nitrogens is 1. The summed E-state index contributed by atoms with van der Waals surface area (Å²) in [4.78, 5) is 43.4. The van der Waals surface area contributed by atoms with Gasteiger partial charge >= 0.3 is 10.2 Å². The first-order valence-electron chi connectivity index (χ1n) is 14.4. The van der Waals surface area contributed by atoms with Gasteiger partial charge in [0.1, 0.15) is 17.0 Å². The zero-order chi connectivity index (χ0) is 34.6. The lowest BCUT2D eigenvalue weighted by atomic mass is 9.91. The topological polar surface area (TPSA) is 130 Å². The molecular formula is C30H30F7N5O4S. The van der Waals surface area contributed by atoms with Crippen LogP contribution < -0.4 is 15.8 Å². The number of benzene rings is 2. The number of para-hydroxylation sites is 1. The number of aliphatic hydroxyl groups is 1. The Labute approximate surface area is 263 Å². The molecule has 3 N–H and O–H groups in total. The Morgan fingerprint density at radius 3 is 2.30 bits per heavy atom. The number of fused-ring (bicyclic) bond motifs is 1. The number of likely N-dealkylation sites (tertiary alicyclic amines) is 1. The standard InChI is InChI=1S/C30H30F7N5O4S/c1-29(46)15-24(41(16-29)17-38)28(45)42(19-6-8-20(9-7-19)47(33,34,35,36)37)26(27(44)39-18-10-12-30(31,32)13-11-18)22-14-25(43)40-23-5-3-2-4-21(22)23/h2-9,14,18,24,26,46H,10-13,15-16H2,1H3,(H,39,44)(H,40,43)/t24-,26?,29-/m1/s1. The van der Waals surface area contributed by atoms with Crippen molar-refractivity contribution in [3.05, 3.63) is 70.5 Å². The predicted octanol–water partition coefficient (Wildman–Crippen LogP) is 6.26. The normalized spacial score (nSPS) is 23.7. The van der Waals surface area contributed by atoms with Gasteiger partial charge in [-0.05, 0) is 55.7 Å². The molecule has 1 aliphatic carbocycles. The number of H-pyrrole nitrogens is 1. The van der Waals surface area contributed by atoms with Crippen molar-refractivity contribution < 1.29 is 42.9 Å². The van der Waals surface area contributed by atoms with Crippen molar-refractivity contribution >= 4 is 38.6 Å². The van der Waals surface area contributed by atoms with Crippen LogP contribution in [0.4, 0.5) is 33.9 Å². The lowest BCUT2D eigenvalue weighted by Crippen LogP contribution is -2.52. The molecule has 9 nitrogen and oxygen atoms in total. The number of aromatic amines is 1. The van der Waals surface area contributed by atoms with Gasteiger partial charge in [-0.2, -0.15) is 5.26 Å². The lowest BCUT2D eigenvalue weighted by Gasteiger charge is -2.41. The van der Waals surface area contributed by atoms with Crippen molar-refractivity contribution in [2.24, 2.45) is 0 Å². The van der Waals surface area contributed by atoms with E-state index in [2.05, 4.69) is 10.3 Å². The van der Waals surface area contributed by atoms with E-state index in [-0.39, 0.29) is 54.4 Å². The molecule has 5 rings (SSSR count). The van der Waals surface area contributed by atoms with Gasteiger partial charge < -0.3 is 15.4 Å². The van der Waals surface area contributed by atoms with Crippen molar-refractivity contribution in [1.29, 1.82) is 5.26 Å². The van der Waals surface area contributed by atoms with Gasteiger partial charge in [-0.3, -0.25) is 24.2 Å². The molecular weight excluding hydrogens is 659 g/mol. The smallest absolute Gasteiger partial charge is 0.310 e. The number of nitriles is 1. The largest absolute Gasteiger partial charge is 0.388 e. The molecule has 1 saturated carbocycles. The van der Waals surface area contributed by atoms with E-state index in [1.165, 1.54) is 19.1 Å². The number of carbonyl (C=O) groups excluding carboxylic acids is 2. The van der Waals surface area contributed by atoms with E-state index in [0.29, 0.717) is 17.0 Å². The third kappa shape index (κ3) is 7.33. The Balaban J connectivity index is 1.71. The van der Waals surface area contributed by atoms with E-state index < -0.39 is 80.7 Å². The fraction of sp³-hybridized carbons (Fsp3) is 0.400. The SMILES string of the molecule is C[C@@]1(O)C[C@H](C(=O)N(c2ccc(S(F)(F)(F)(F)F)cc2)C(C(=O)NC2CCC(F)(F)CC2)c2cc(=O)[nH]c3ccccc23)N(C#N)C1. The van der Waals surface area contributed by atoms with Crippen molar-refractivity contribution in [2.75, 3.05) is 11.4 Å². The molecule has 1 saturated heterocycles. The van der Waals surface area contributed by atoms with E-state index in [1.807, 2.05) is 0 Å². The molecule has 2 fully saturated rings. The molecule has 2 aromatic carbocycles. The second-order valence-electron chi connectivity index (χ2n) is 12.3. The number of β-amino-alcohol motifs (C(OH)–C–C–N with tert-alkyl or cyclic N) is 1. The highest BCUT2D eigenvalue weighted by molar-refractivity contribution is 8.45. The summed E-state index contributed by atoms with van der Waals surface area (Å²) in [5, 5.41) is 23.3. The van der Waals surface area contributed by atoms with E-state index in [0.717, 1.165) is 11.0 Å². The Morgan fingerprint density at radius 1 is 1.09 bits per heavy atom. The third-order valence-corrected chi connectivity index (χ3v) is 9.54. The molecule has 2 heterocycles. The summed E-state index contributed by atoms with van der Waals surface area (Å²) in [6.07, 6.45) is 0.00591. The second kappa shape index (κ2) is 10.9. The highest BCUT2D eigenvalue weighted by Gasteiger charge is 2.65. The lowest BCUT2D eigenvalue weighted by molar-refractivity contribution is -0.129. The number of hydrogen-bond acceptors (Lipinski definition) is 6. The fourth-order valence-corrected chi connectivity index (χ4v) is 6.79. The van der Waals surface area contributed by atoms with E-state index in [1.54, 1.807) is 18.3 Å². The number of anilines is 1. The van der Waals surface area contributed by atoms with Gasteiger partial charge in [0.05, 0.1) is 12.1 Å². The quantitative estimate of drug-likeness (QED) is 0.199. The minimum Gasteiger partial charge on any atom is -0.388 e. The molecule has 0 radical (unpaired) electrons. The molecule has 0 bridgehead atoms. The Morgan fingerprint density at radius 2 is 1.70 bits per heavy atom. The zero-order valence-corrected chi connectivity index (χ0v) is 25.6. The van der Waals surface area contributed by atoms with Gasteiger partial charge in [0.25, 0.3) is 5.91 Å². The highest BCUT2D eigenvalue weighted by Crippen LogP contribution is 3.02. The summed E-state index contributed by atoms with van der Waals surface area (Å²) in [6.45, 7) is 1.02. The highest BCUT2D eigenvalue weighted by atomic mass is 32.5. The number of hydrogen-bond donors (Lipinski definition) is 3. The number of nitrogens with one attached hydrogen (secondary N) is 2. The van der Waals surface area contributed by atoms with Crippen LogP contribution in [0.1, 0.15) is 50.6 Å². The van der Waals surface area contributed by atoms with Crippen LogP contribution in [-0.4, -0.2) is 57.0 Å². The maximum atomic E-state index is 14.4. The Kier molecular flexibility index (Phi) is 7.88. The first-order valence-corrected chi connectivity index (χ1v) is 16.4. The number of amides is 2. The summed E-state index contributed by atoms with van der Waals surface area (Å²) in [7, 11) is -10.2. The second-order valence-corrected chi connectivity index (χ2v) is 14.7. The zero-order valence-electron chi connectivity index (χ0n) is 24.7. The third-order valence-electron chi connectivity index (χ3n) is 8.38. The van der Waals surface area contributed by atoms with Crippen molar-refractivity contribution in [2.45, 2.75) is 73.6 Å². The minimum absolute atomic E-state index is 0.0537. The predicted molar refractivity (Wildman–Crippen MR) is 159 cm³/mol. The Hall–Kier alpha value is -4.30. The van der Waals surface area contributed by atoms with Gasteiger partial charge in [-0.25, -0.2) is 8.78 Å². The van der Waals surface area contributed by atoms with Crippen LogP contribution in [0.5, 0.6) is 0 Å². The molecule has 3 aromatic rings.